The van der Waals surface area contributed by atoms with Gasteiger partial charge in [-0.2, -0.15) is 0 Å². The second kappa shape index (κ2) is 5.28. The Morgan fingerprint density at radius 2 is 1.95 bits per heavy atom. The molecule has 0 radical (unpaired) electrons. The molecule has 0 unspecified atom stereocenters. The molecule has 108 valence electrons. The van der Waals surface area contributed by atoms with Crippen LogP contribution in [0.5, 0.6) is 0 Å². The Bertz CT molecular complexity index is 880. The van der Waals surface area contributed by atoms with Crippen LogP contribution in [0.3, 0.4) is 0 Å². The van der Waals surface area contributed by atoms with Crippen molar-refractivity contribution in [2.75, 3.05) is 0 Å². The highest BCUT2D eigenvalue weighted by molar-refractivity contribution is 7.71. The van der Waals surface area contributed by atoms with Crippen molar-refractivity contribution in [3.05, 3.63) is 57.6 Å². The van der Waals surface area contributed by atoms with Crippen LogP contribution in [-0.2, 0) is 0 Å². The third kappa shape index (κ3) is 2.39. The third-order valence-corrected chi connectivity index (χ3v) is 4.10. The number of aromatic amines is 1. The number of halogens is 2. The summed E-state index contributed by atoms with van der Waals surface area (Å²) in [5, 5.41) is 0.0862. The zero-order valence-corrected chi connectivity index (χ0v) is 13.2. The average molecular weight is 321 g/mol. The molecule has 5 heteroatoms. The Balaban J connectivity index is 2.38. The molecule has 0 aliphatic heterocycles. The standard InChI is InChI=1S/C16H14ClFN2S/c1-9(2)10-5-3-4-6-14(10)20-15-8-12(18)11(17)7-13(15)19-16(20)21/h3-9H,1-2H3,(H,19,21). The molecule has 21 heavy (non-hydrogen) atoms. The van der Waals surface area contributed by atoms with Crippen LogP contribution in [0.1, 0.15) is 25.3 Å². The van der Waals surface area contributed by atoms with Crippen LogP contribution in [0.25, 0.3) is 16.7 Å². The Kier molecular flexibility index (Phi) is 3.59. The molecule has 1 N–H and O–H groups in total. The van der Waals surface area contributed by atoms with Crippen LogP contribution < -0.4 is 0 Å². The number of hydrogen-bond acceptors (Lipinski definition) is 1. The molecule has 1 heterocycles. The smallest absolute Gasteiger partial charge is 0.182 e. The highest BCUT2D eigenvalue weighted by atomic mass is 35.5. The number of benzene rings is 2. The predicted molar refractivity (Wildman–Crippen MR) is 87.5 cm³/mol. The first-order valence-corrected chi connectivity index (χ1v) is 7.46. The molecule has 0 aliphatic carbocycles. The van der Waals surface area contributed by atoms with E-state index in [1.165, 1.54) is 6.07 Å². The molecule has 0 atom stereocenters. The normalized spacial score (nSPS) is 11.5. The van der Waals surface area contributed by atoms with Crippen molar-refractivity contribution < 1.29 is 4.39 Å². The highest BCUT2D eigenvalue weighted by Gasteiger charge is 2.14. The molecule has 0 amide bonds. The van der Waals surface area contributed by atoms with Crippen LogP contribution in [0.2, 0.25) is 5.02 Å². The van der Waals surface area contributed by atoms with E-state index in [1.54, 1.807) is 6.07 Å². The topological polar surface area (TPSA) is 20.7 Å². The first-order chi connectivity index (χ1) is 9.99. The molecule has 2 nitrogen and oxygen atoms in total. The van der Waals surface area contributed by atoms with Crippen LogP contribution in [0.4, 0.5) is 4.39 Å². The molecule has 2 aromatic carbocycles. The Morgan fingerprint density at radius 3 is 2.67 bits per heavy atom. The second-order valence-electron chi connectivity index (χ2n) is 5.26. The average Bonchev–Trinajstić information content (AvgIpc) is 2.74. The van der Waals surface area contributed by atoms with Gasteiger partial charge in [0.2, 0.25) is 0 Å². The van der Waals surface area contributed by atoms with Gasteiger partial charge < -0.3 is 4.98 Å². The van der Waals surface area contributed by atoms with Gasteiger partial charge in [-0.25, -0.2) is 4.39 Å². The largest absolute Gasteiger partial charge is 0.330 e. The summed E-state index contributed by atoms with van der Waals surface area (Å²) in [7, 11) is 0. The van der Waals surface area contributed by atoms with Gasteiger partial charge in [0.1, 0.15) is 5.82 Å². The quantitative estimate of drug-likeness (QED) is 0.609. The number of aromatic nitrogens is 2. The van der Waals surface area contributed by atoms with Crippen molar-refractivity contribution in [1.29, 1.82) is 0 Å². The van der Waals surface area contributed by atoms with Crippen molar-refractivity contribution in [1.82, 2.24) is 9.55 Å². The fourth-order valence-electron chi connectivity index (χ4n) is 2.52. The lowest BCUT2D eigenvalue weighted by Gasteiger charge is -2.14. The number of hydrogen-bond donors (Lipinski definition) is 1. The minimum absolute atomic E-state index is 0.0862. The number of para-hydroxylation sites is 1. The number of imidazole rings is 1. The van der Waals surface area contributed by atoms with E-state index in [9.17, 15) is 4.39 Å². The van der Waals surface area contributed by atoms with Gasteiger partial charge in [-0.05, 0) is 35.8 Å². The number of rotatable bonds is 2. The molecule has 0 fully saturated rings. The van der Waals surface area contributed by atoms with Crippen LogP contribution in [0, 0.1) is 10.6 Å². The minimum Gasteiger partial charge on any atom is -0.330 e. The number of nitrogens with one attached hydrogen (secondary N) is 1. The van der Waals surface area contributed by atoms with E-state index in [0.29, 0.717) is 16.2 Å². The Morgan fingerprint density at radius 1 is 1.24 bits per heavy atom. The summed E-state index contributed by atoms with van der Waals surface area (Å²) < 4.78 is 16.2. The lowest BCUT2D eigenvalue weighted by atomic mass is 10.0. The van der Waals surface area contributed by atoms with Gasteiger partial charge in [0, 0.05) is 6.07 Å². The van der Waals surface area contributed by atoms with Gasteiger partial charge in [-0.3, -0.25) is 4.57 Å². The van der Waals surface area contributed by atoms with Gasteiger partial charge in [-0.1, -0.05) is 43.6 Å². The Hall–Kier alpha value is -1.65. The number of nitrogens with zero attached hydrogens (tertiary/aromatic N) is 1. The van der Waals surface area contributed by atoms with Crippen LogP contribution >= 0.6 is 23.8 Å². The van der Waals surface area contributed by atoms with E-state index in [-0.39, 0.29) is 5.02 Å². The van der Waals surface area contributed by atoms with Crippen molar-refractivity contribution in [2.24, 2.45) is 0 Å². The maximum Gasteiger partial charge on any atom is 0.182 e. The van der Waals surface area contributed by atoms with E-state index in [0.717, 1.165) is 16.8 Å². The summed E-state index contributed by atoms with van der Waals surface area (Å²) in [6.07, 6.45) is 0. The van der Waals surface area contributed by atoms with Crippen LogP contribution in [0.15, 0.2) is 36.4 Å². The summed E-state index contributed by atoms with van der Waals surface area (Å²) >= 11 is 11.2. The highest BCUT2D eigenvalue weighted by Crippen LogP contribution is 2.29. The van der Waals surface area contributed by atoms with Gasteiger partial charge >= 0.3 is 0 Å². The SMILES string of the molecule is CC(C)c1ccccc1-n1c(=S)[nH]c2cc(Cl)c(F)cc21. The monoisotopic (exact) mass is 320 g/mol. The van der Waals surface area contributed by atoms with E-state index in [4.69, 9.17) is 23.8 Å². The van der Waals surface area contributed by atoms with Gasteiger partial charge in [0.05, 0.1) is 21.7 Å². The fourth-order valence-corrected chi connectivity index (χ4v) is 2.99. The van der Waals surface area contributed by atoms with E-state index < -0.39 is 5.82 Å². The van der Waals surface area contributed by atoms with Crippen molar-refractivity contribution in [3.8, 4) is 5.69 Å². The zero-order valence-electron chi connectivity index (χ0n) is 11.7. The van der Waals surface area contributed by atoms with Crippen molar-refractivity contribution in [2.45, 2.75) is 19.8 Å². The molecule has 0 spiro atoms. The summed E-state index contributed by atoms with van der Waals surface area (Å²) in [6.45, 7) is 4.24. The zero-order chi connectivity index (χ0) is 15.1. The second-order valence-corrected chi connectivity index (χ2v) is 6.06. The van der Waals surface area contributed by atoms with Crippen molar-refractivity contribution in [3.63, 3.8) is 0 Å². The molecule has 0 aliphatic rings. The maximum atomic E-state index is 13.8. The van der Waals surface area contributed by atoms with Crippen molar-refractivity contribution >= 4 is 34.9 Å². The summed E-state index contributed by atoms with van der Waals surface area (Å²) in [6, 6.07) is 11.0. The van der Waals surface area contributed by atoms with Gasteiger partial charge in [-0.15, -0.1) is 0 Å². The maximum absolute atomic E-state index is 13.8. The van der Waals surface area contributed by atoms with Gasteiger partial charge in [0.25, 0.3) is 0 Å². The molecule has 0 saturated heterocycles. The van der Waals surface area contributed by atoms with E-state index >= 15 is 0 Å². The minimum atomic E-state index is -0.450. The molecule has 0 saturated carbocycles. The van der Waals surface area contributed by atoms with E-state index in [1.807, 2.05) is 22.8 Å². The third-order valence-electron chi connectivity index (χ3n) is 3.52. The summed E-state index contributed by atoms with van der Waals surface area (Å²) in [5.74, 6) is -0.112. The molecule has 3 rings (SSSR count). The summed E-state index contributed by atoms with van der Waals surface area (Å²) in [5.41, 5.74) is 3.54. The predicted octanol–water partition coefficient (Wildman–Crippen LogP) is 5.60. The molecular formula is C16H14ClFN2S. The summed E-state index contributed by atoms with van der Waals surface area (Å²) in [4.78, 5) is 3.09. The first-order valence-electron chi connectivity index (χ1n) is 6.68. The van der Waals surface area contributed by atoms with E-state index in [2.05, 4.69) is 24.9 Å². The van der Waals surface area contributed by atoms with Crippen LogP contribution in [-0.4, -0.2) is 9.55 Å². The lowest BCUT2D eigenvalue weighted by molar-refractivity contribution is 0.629. The van der Waals surface area contributed by atoms with Gasteiger partial charge in [0.15, 0.2) is 4.77 Å². The molecule has 0 bridgehead atoms. The molecule has 3 aromatic rings. The fraction of sp³-hybridized carbons (Fsp3) is 0.188. The number of H-pyrrole nitrogens is 1. The molecule has 1 aromatic heterocycles. The molecular weight excluding hydrogens is 307 g/mol. The number of fused-ring (bicyclic) bond motifs is 1. The lowest BCUT2D eigenvalue weighted by Crippen LogP contribution is -2.01. The Labute approximate surface area is 132 Å². The first kappa shape index (κ1) is 14.3.